The van der Waals surface area contributed by atoms with Crippen LogP contribution in [0, 0.1) is 11.8 Å². The number of rotatable bonds is 7. The van der Waals surface area contributed by atoms with Crippen LogP contribution in [0.15, 0.2) is 10.6 Å². The van der Waals surface area contributed by atoms with E-state index in [1.807, 2.05) is 0 Å². The zero-order valence-electron chi connectivity index (χ0n) is 16.8. The van der Waals surface area contributed by atoms with Crippen LogP contribution in [0.4, 0.5) is 0 Å². The van der Waals surface area contributed by atoms with Gasteiger partial charge in [-0.15, -0.1) is 11.8 Å². The van der Waals surface area contributed by atoms with Gasteiger partial charge in [0.05, 0.1) is 12.1 Å². The molecule has 1 saturated heterocycles. The van der Waals surface area contributed by atoms with Gasteiger partial charge in [0.15, 0.2) is 0 Å². The summed E-state index contributed by atoms with van der Waals surface area (Å²) in [6.45, 7) is 3.63. The maximum atomic E-state index is 12.1. The van der Waals surface area contributed by atoms with Gasteiger partial charge < -0.3 is 35.6 Å². The summed E-state index contributed by atoms with van der Waals surface area (Å²) < 4.78 is 0. The van der Waals surface area contributed by atoms with Crippen molar-refractivity contribution in [2.45, 2.75) is 43.7 Å². The number of carboxylic acids is 2. The number of carboxylic acid groups (broad SMARTS) is 2. The number of hydrogen-bond acceptors (Lipinski definition) is 8. The topological polar surface area (TPSA) is 142 Å². The number of amides is 1. The number of hydrogen-bond donors (Lipinski definition) is 4. The number of aliphatic hydroxyl groups is 1. The van der Waals surface area contributed by atoms with Gasteiger partial charge in [-0.1, -0.05) is 6.92 Å². The monoisotopic (exact) mass is 423 g/mol. The smallest absolute Gasteiger partial charge is 0.550 e. The maximum absolute atomic E-state index is 12.1. The fourth-order valence-corrected chi connectivity index (χ4v) is 5.06. The van der Waals surface area contributed by atoms with Crippen molar-refractivity contribution in [1.29, 1.82) is 0 Å². The van der Waals surface area contributed by atoms with Gasteiger partial charge in [0, 0.05) is 54.6 Å². The molecule has 2 rings (SSSR count). The quantitative estimate of drug-likeness (QED) is 0.297. The minimum absolute atomic E-state index is 0. The summed E-state index contributed by atoms with van der Waals surface area (Å²) in [7, 11) is 3.36. The Morgan fingerprint density at radius 1 is 1.32 bits per heavy atom. The third-order valence-electron chi connectivity index (χ3n) is 5.03. The van der Waals surface area contributed by atoms with Gasteiger partial charge in [-0.2, -0.15) is 0 Å². The molecule has 0 aromatic rings. The van der Waals surface area contributed by atoms with E-state index in [9.17, 15) is 29.7 Å². The standard InChI is InChI=1S/C17H27N3O6S.Na/c1-7-12(11(8(2)21)16(23)24)19-13(17(25)26)14(7)27-9-5-10(18-6-9)15(22)20(3)4;/h7-12,18-19,21H,5-6H2,1-4H3,(H,23,24)(H,25,26);/q;+1/p-1/t7-,8-,9+,10+,11-,12-;/m1./s1. The molecule has 0 radical (unpaired) electrons. The van der Waals surface area contributed by atoms with Crippen molar-refractivity contribution in [2.75, 3.05) is 20.6 Å². The second-order valence-electron chi connectivity index (χ2n) is 7.26. The Balaban J connectivity index is 0.00000392. The first kappa shape index (κ1) is 25.3. The molecule has 0 aliphatic carbocycles. The van der Waals surface area contributed by atoms with E-state index in [0.29, 0.717) is 17.9 Å². The molecule has 0 saturated carbocycles. The summed E-state index contributed by atoms with van der Waals surface area (Å²) in [5.41, 5.74) is -0.0493. The van der Waals surface area contributed by atoms with E-state index in [2.05, 4.69) is 10.6 Å². The molecule has 0 aromatic heterocycles. The van der Waals surface area contributed by atoms with E-state index in [0.717, 1.165) is 0 Å². The number of carbonyl (C=O) groups is 3. The summed E-state index contributed by atoms with van der Waals surface area (Å²) >= 11 is 1.34. The maximum Gasteiger partial charge on any atom is 1.00 e. The Morgan fingerprint density at radius 3 is 2.39 bits per heavy atom. The molecule has 1 amide bonds. The van der Waals surface area contributed by atoms with Crippen molar-refractivity contribution < 1.29 is 59.3 Å². The first-order chi connectivity index (χ1) is 12.5. The number of aliphatic hydroxyl groups excluding tert-OH is 1. The largest absolute Gasteiger partial charge is 1.00 e. The SMILES string of the molecule is C[C@@H](O)[C@@H](C(=O)[O-])[C@@H]1NC(C(=O)O)=C(S[C@@H]2CN[C@H](C(=O)N(C)C)C2)[C@@H]1C.[Na+]. The summed E-state index contributed by atoms with van der Waals surface area (Å²) in [5, 5.41) is 36.7. The van der Waals surface area contributed by atoms with Gasteiger partial charge in [-0.25, -0.2) is 4.79 Å². The van der Waals surface area contributed by atoms with Gasteiger partial charge in [-0.05, 0) is 13.3 Å². The van der Waals surface area contributed by atoms with Gasteiger partial charge >= 0.3 is 35.5 Å². The molecule has 28 heavy (non-hydrogen) atoms. The van der Waals surface area contributed by atoms with Crippen LogP contribution < -0.4 is 45.3 Å². The molecule has 0 bridgehead atoms. The van der Waals surface area contributed by atoms with Crippen LogP contribution in [0.25, 0.3) is 0 Å². The molecular formula is C17H26N3NaO6S. The van der Waals surface area contributed by atoms with Crippen LogP contribution in [0.5, 0.6) is 0 Å². The van der Waals surface area contributed by atoms with E-state index in [1.165, 1.54) is 23.6 Å². The first-order valence-electron chi connectivity index (χ1n) is 8.78. The molecule has 2 aliphatic rings. The normalized spacial score (nSPS) is 28.9. The van der Waals surface area contributed by atoms with Gasteiger partial charge in [0.25, 0.3) is 0 Å². The fraction of sp³-hybridized carbons (Fsp3) is 0.706. The first-order valence-corrected chi connectivity index (χ1v) is 9.66. The molecular weight excluding hydrogens is 397 g/mol. The fourth-order valence-electron chi connectivity index (χ4n) is 3.60. The van der Waals surface area contributed by atoms with Crippen LogP contribution in [0.3, 0.4) is 0 Å². The van der Waals surface area contributed by atoms with Crippen LogP contribution in [0.1, 0.15) is 20.3 Å². The van der Waals surface area contributed by atoms with Crippen molar-refractivity contribution in [2.24, 2.45) is 11.8 Å². The second kappa shape index (κ2) is 10.3. The molecule has 0 unspecified atom stereocenters. The summed E-state index contributed by atoms with van der Waals surface area (Å²) in [5.74, 6) is -4.31. The van der Waals surface area contributed by atoms with Crippen LogP contribution >= 0.6 is 11.8 Å². The Bertz CT molecular complexity index is 657. The zero-order valence-corrected chi connectivity index (χ0v) is 19.6. The van der Waals surface area contributed by atoms with Gasteiger partial charge in [-0.3, -0.25) is 4.79 Å². The minimum atomic E-state index is -1.43. The Labute approximate surface area is 190 Å². The van der Waals surface area contributed by atoms with Gasteiger partial charge in [0.2, 0.25) is 5.91 Å². The van der Waals surface area contributed by atoms with Crippen LogP contribution in [-0.4, -0.2) is 77.0 Å². The number of nitrogens with one attached hydrogen (secondary N) is 2. The van der Waals surface area contributed by atoms with Crippen molar-refractivity contribution in [3.63, 3.8) is 0 Å². The second-order valence-corrected chi connectivity index (χ2v) is 8.60. The van der Waals surface area contributed by atoms with Crippen LogP contribution in [-0.2, 0) is 14.4 Å². The molecule has 2 heterocycles. The molecule has 0 spiro atoms. The summed E-state index contributed by atoms with van der Waals surface area (Å²) in [4.78, 5) is 37.2. The third-order valence-corrected chi connectivity index (χ3v) is 6.55. The number of nitrogens with zero attached hydrogens (tertiary/aromatic N) is 1. The average molecular weight is 423 g/mol. The van der Waals surface area contributed by atoms with Crippen molar-refractivity contribution in [3.05, 3.63) is 10.6 Å². The molecule has 0 aromatic carbocycles. The Hall–Kier alpha value is -0.780. The molecule has 4 N–H and O–H groups in total. The predicted octanol–water partition coefficient (Wildman–Crippen LogP) is -4.81. The Kier molecular flexibility index (Phi) is 9.30. The zero-order chi connectivity index (χ0) is 20.5. The molecule has 11 heteroatoms. The predicted molar refractivity (Wildman–Crippen MR) is 97.4 cm³/mol. The van der Waals surface area contributed by atoms with Crippen molar-refractivity contribution in [1.82, 2.24) is 15.5 Å². The molecule has 152 valence electrons. The summed E-state index contributed by atoms with van der Waals surface area (Å²) in [6, 6.07) is -1.10. The molecule has 2 aliphatic heterocycles. The van der Waals surface area contributed by atoms with Gasteiger partial charge in [0.1, 0.15) is 5.70 Å². The average Bonchev–Trinajstić information content (AvgIpc) is 3.13. The summed E-state index contributed by atoms with van der Waals surface area (Å²) in [6.07, 6.45) is -0.639. The number of thioether (sulfide) groups is 1. The van der Waals surface area contributed by atoms with Crippen molar-refractivity contribution >= 4 is 29.6 Å². The Morgan fingerprint density at radius 2 is 1.93 bits per heavy atom. The van der Waals surface area contributed by atoms with E-state index >= 15 is 0 Å². The number of aliphatic carboxylic acids is 2. The van der Waals surface area contributed by atoms with E-state index < -0.39 is 35.9 Å². The molecule has 1 fully saturated rings. The third kappa shape index (κ3) is 5.43. The minimum Gasteiger partial charge on any atom is -0.550 e. The number of likely N-dealkylation sites (N-methyl/N-ethyl adjacent to an activating group) is 1. The van der Waals surface area contributed by atoms with E-state index in [4.69, 9.17) is 0 Å². The van der Waals surface area contributed by atoms with Crippen LogP contribution in [0.2, 0.25) is 0 Å². The van der Waals surface area contributed by atoms with E-state index in [1.54, 1.807) is 21.0 Å². The van der Waals surface area contributed by atoms with E-state index in [-0.39, 0.29) is 52.5 Å². The number of carbonyl (C=O) groups excluding carboxylic acids is 2. The molecule has 9 nitrogen and oxygen atoms in total. The molecule has 6 atom stereocenters. The van der Waals surface area contributed by atoms with Crippen molar-refractivity contribution in [3.8, 4) is 0 Å².